The predicted molar refractivity (Wildman–Crippen MR) is 96.7 cm³/mol. The van der Waals surface area contributed by atoms with Crippen LogP contribution >= 0.6 is 0 Å². The van der Waals surface area contributed by atoms with Crippen molar-refractivity contribution in [3.05, 3.63) is 29.3 Å². The number of amides is 2. The van der Waals surface area contributed by atoms with E-state index in [1.807, 2.05) is 11.8 Å². The fraction of sp³-hybridized carbons (Fsp3) is 0.632. The van der Waals surface area contributed by atoms with Crippen LogP contribution in [0.1, 0.15) is 30.9 Å². The van der Waals surface area contributed by atoms with Crippen LogP contribution in [0.4, 0.5) is 10.5 Å². The highest BCUT2D eigenvalue weighted by molar-refractivity contribution is 5.75. The molecule has 5 nitrogen and oxygen atoms in total. The summed E-state index contributed by atoms with van der Waals surface area (Å²) in [7, 11) is 0. The predicted octanol–water partition coefficient (Wildman–Crippen LogP) is 2.70. The first-order valence-electron chi connectivity index (χ1n) is 9.04. The Morgan fingerprint density at radius 1 is 1.25 bits per heavy atom. The Balaban J connectivity index is 1.52. The quantitative estimate of drug-likeness (QED) is 0.926. The summed E-state index contributed by atoms with van der Waals surface area (Å²) in [5, 5.41) is 3.11. The molecule has 1 aromatic rings. The summed E-state index contributed by atoms with van der Waals surface area (Å²) in [6.45, 7) is 10.5. The number of anilines is 1. The van der Waals surface area contributed by atoms with E-state index >= 15 is 0 Å². The van der Waals surface area contributed by atoms with Crippen molar-refractivity contribution < 1.29 is 9.53 Å². The van der Waals surface area contributed by atoms with Crippen LogP contribution in [-0.4, -0.2) is 55.9 Å². The monoisotopic (exact) mass is 331 g/mol. The number of nitrogens with one attached hydrogen (secondary N) is 1. The third-order valence-corrected chi connectivity index (χ3v) is 5.36. The Morgan fingerprint density at radius 2 is 2.00 bits per heavy atom. The largest absolute Gasteiger partial charge is 0.376 e. The molecule has 0 bridgehead atoms. The van der Waals surface area contributed by atoms with Gasteiger partial charge in [0.1, 0.15) is 0 Å². The van der Waals surface area contributed by atoms with Crippen LogP contribution in [0.3, 0.4) is 0 Å². The van der Waals surface area contributed by atoms with E-state index in [9.17, 15) is 4.79 Å². The molecule has 2 aliphatic heterocycles. The molecule has 3 rings (SSSR count). The summed E-state index contributed by atoms with van der Waals surface area (Å²) in [6, 6.07) is 6.56. The fourth-order valence-electron chi connectivity index (χ4n) is 3.60. The Labute approximate surface area is 145 Å². The number of hydrogen-bond donors (Lipinski definition) is 1. The second kappa shape index (κ2) is 7.43. The number of piperazine rings is 1. The van der Waals surface area contributed by atoms with Gasteiger partial charge in [0.15, 0.2) is 0 Å². The van der Waals surface area contributed by atoms with Crippen molar-refractivity contribution >= 4 is 11.7 Å². The lowest BCUT2D eigenvalue weighted by molar-refractivity contribution is 0.0831. The molecular formula is C19H29N3O2. The van der Waals surface area contributed by atoms with E-state index in [-0.39, 0.29) is 18.2 Å². The molecule has 0 aromatic heterocycles. The third-order valence-electron chi connectivity index (χ3n) is 5.36. The Hall–Kier alpha value is -1.75. The highest BCUT2D eigenvalue weighted by Gasteiger charge is 2.27. The minimum atomic E-state index is 0.0404. The molecule has 2 heterocycles. The van der Waals surface area contributed by atoms with Gasteiger partial charge < -0.3 is 19.9 Å². The SMILES string of the molecule is Cc1cccc(N2CCN(C(=O)NC(C)C3CCCO3)CC2)c1C. The van der Waals surface area contributed by atoms with Crippen molar-refractivity contribution in [3.8, 4) is 0 Å². The van der Waals surface area contributed by atoms with Crippen molar-refractivity contribution in [1.82, 2.24) is 10.2 Å². The Kier molecular flexibility index (Phi) is 5.29. The number of benzene rings is 1. The van der Waals surface area contributed by atoms with Crippen molar-refractivity contribution in [2.45, 2.75) is 45.8 Å². The summed E-state index contributed by atoms with van der Waals surface area (Å²) in [6.07, 6.45) is 2.31. The first-order chi connectivity index (χ1) is 11.6. The molecule has 2 amide bonds. The topological polar surface area (TPSA) is 44.8 Å². The lowest BCUT2D eigenvalue weighted by atomic mass is 10.1. The van der Waals surface area contributed by atoms with E-state index in [4.69, 9.17) is 4.74 Å². The molecule has 0 saturated carbocycles. The molecule has 1 N–H and O–H groups in total. The molecular weight excluding hydrogens is 302 g/mol. The first kappa shape index (κ1) is 17.1. The van der Waals surface area contributed by atoms with Gasteiger partial charge in [-0.15, -0.1) is 0 Å². The van der Waals surface area contributed by atoms with E-state index < -0.39 is 0 Å². The molecule has 5 heteroatoms. The van der Waals surface area contributed by atoms with Crippen LogP contribution in [-0.2, 0) is 4.74 Å². The first-order valence-corrected chi connectivity index (χ1v) is 9.04. The van der Waals surface area contributed by atoms with Crippen molar-refractivity contribution in [3.63, 3.8) is 0 Å². The minimum absolute atomic E-state index is 0.0404. The molecule has 1 aromatic carbocycles. The summed E-state index contributed by atoms with van der Waals surface area (Å²) >= 11 is 0. The van der Waals surface area contributed by atoms with E-state index in [0.29, 0.717) is 0 Å². The fourth-order valence-corrected chi connectivity index (χ4v) is 3.60. The molecule has 132 valence electrons. The highest BCUT2D eigenvalue weighted by Crippen LogP contribution is 2.24. The molecule has 2 fully saturated rings. The number of ether oxygens (including phenoxy) is 1. The van der Waals surface area contributed by atoms with Crippen LogP contribution in [0.15, 0.2) is 18.2 Å². The maximum atomic E-state index is 12.5. The smallest absolute Gasteiger partial charge is 0.317 e. The zero-order valence-corrected chi connectivity index (χ0v) is 15.0. The van der Waals surface area contributed by atoms with Gasteiger partial charge in [0, 0.05) is 38.5 Å². The van der Waals surface area contributed by atoms with E-state index in [2.05, 4.69) is 42.3 Å². The molecule has 24 heavy (non-hydrogen) atoms. The van der Waals surface area contributed by atoms with E-state index in [0.717, 1.165) is 45.6 Å². The second-order valence-corrected chi connectivity index (χ2v) is 6.98. The van der Waals surface area contributed by atoms with Gasteiger partial charge in [-0.25, -0.2) is 4.79 Å². The van der Waals surface area contributed by atoms with Crippen molar-refractivity contribution in [2.24, 2.45) is 0 Å². The van der Waals surface area contributed by atoms with E-state index in [1.54, 1.807) is 0 Å². The van der Waals surface area contributed by atoms with Crippen LogP contribution in [0.25, 0.3) is 0 Å². The summed E-state index contributed by atoms with van der Waals surface area (Å²) < 4.78 is 5.66. The van der Waals surface area contributed by atoms with Crippen LogP contribution in [0, 0.1) is 13.8 Å². The summed E-state index contributed by atoms with van der Waals surface area (Å²) in [4.78, 5) is 16.8. The Bertz CT molecular complexity index is 576. The minimum Gasteiger partial charge on any atom is -0.376 e. The standard InChI is InChI=1S/C19H29N3O2/c1-14-6-4-7-17(15(14)2)21-9-11-22(12-10-21)19(23)20-16(3)18-8-5-13-24-18/h4,6-7,16,18H,5,8-13H2,1-3H3,(H,20,23). The molecule has 2 atom stereocenters. The zero-order chi connectivity index (χ0) is 17.1. The van der Waals surface area contributed by atoms with Crippen LogP contribution < -0.4 is 10.2 Å². The number of carbonyl (C=O) groups excluding carboxylic acids is 1. The van der Waals surface area contributed by atoms with Gasteiger partial charge in [0.25, 0.3) is 0 Å². The van der Waals surface area contributed by atoms with Gasteiger partial charge >= 0.3 is 6.03 Å². The van der Waals surface area contributed by atoms with Gasteiger partial charge in [-0.3, -0.25) is 0 Å². The molecule has 0 aliphatic carbocycles. The average Bonchev–Trinajstić information content (AvgIpc) is 3.12. The zero-order valence-electron chi connectivity index (χ0n) is 15.0. The second-order valence-electron chi connectivity index (χ2n) is 6.98. The number of hydrogen-bond acceptors (Lipinski definition) is 3. The average molecular weight is 331 g/mol. The number of urea groups is 1. The molecule has 2 unspecified atom stereocenters. The van der Waals surface area contributed by atoms with Crippen LogP contribution in [0.2, 0.25) is 0 Å². The van der Waals surface area contributed by atoms with Crippen molar-refractivity contribution in [2.75, 3.05) is 37.7 Å². The number of rotatable bonds is 3. The van der Waals surface area contributed by atoms with Gasteiger partial charge in [-0.1, -0.05) is 12.1 Å². The molecule has 0 radical (unpaired) electrons. The lowest BCUT2D eigenvalue weighted by Crippen LogP contribution is -2.54. The molecule has 2 saturated heterocycles. The molecule has 0 spiro atoms. The van der Waals surface area contributed by atoms with Crippen molar-refractivity contribution in [1.29, 1.82) is 0 Å². The van der Waals surface area contributed by atoms with Gasteiger partial charge in [0.05, 0.1) is 12.1 Å². The van der Waals surface area contributed by atoms with Crippen LogP contribution in [0.5, 0.6) is 0 Å². The molecule has 2 aliphatic rings. The highest BCUT2D eigenvalue weighted by atomic mass is 16.5. The Morgan fingerprint density at radius 3 is 2.67 bits per heavy atom. The number of carbonyl (C=O) groups is 1. The maximum absolute atomic E-state index is 12.5. The van der Waals surface area contributed by atoms with E-state index in [1.165, 1.54) is 16.8 Å². The lowest BCUT2D eigenvalue weighted by Gasteiger charge is -2.37. The summed E-state index contributed by atoms with van der Waals surface area (Å²) in [5.74, 6) is 0. The van der Waals surface area contributed by atoms with Gasteiger partial charge in [0.2, 0.25) is 0 Å². The van der Waals surface area contributed by atoms with Gasteiger partial charge in [-0.05, 0) is 50.8 Å². The number of aryl methyl sites for hydroxylation is 1. The third kappa shape index (κ3) is 3.66. The number of nitrogens with zero attached hydrogens (tertiary/aromatic N) is 2. The summed E-state index contributed by atoms with van der Waals surface area (Å²) in [5.41, 5.74) is 3.95. The maximum Gasteiger partial charge on any atom is 0.317 e. The van der Waals surface area contributed by atoms with Gasteiger partial charge in [-0.2, -0.15) is 0 Å². The normalized spacial score (nSPS) is 22.5.